The molecule has 0 bridgehead atoms. The standard InChI is InChI=1S/C32H38BrN3O6S/c1-22-12-14-26(15-13-22)36(43(39,40)28-16-17-30(42-4)29(33)19-28)21-31(37)35(20-24-8-7-11-27(18-24)41-3)23(2)32(38)34-25-9-5-6-10-25/h7-8,11-19,23,25H,5-6,9-10,20-21H2,1-4H3,(H,34,38). The molecular weight excluding hydrogens is 634 g/mol. The third-order valence-electron chi connectivity index (χ3n) is 7.67. The van der Waals surface area contributed by atoms with Crippen LogP contribution in [0.2, 0.25) is 0 Å². The molecule has 9 nitrogen and oxygen atoms in total. The molecule has 2 amide bonds. The van der Waals surface area contributed by atoms with Crippen LogP contribution in [0, 0.1) is 6.92 Å². The minimum absolute atomic E-state index is 0.0140. The van der Waals surface area contributed by atoms with Crippen LogP contribution in [0.15, 0.2) is 76.1 Å². The van der Waals surface area contributed by atoms with E-state index >= 15 is 0 Å². The van der Waals surface area contributed by atoms with E-state index in [1.165, 1.54) is 24.1 Å². The van der Waals surface area contributed by atoms with Gasteiger partial charge in [-0.1, -0.05) is 42.7 Å². The molecule has 43 heavy (non-hydrogen) atoms. The summed E-state index contributed by atoms with van der Waals surface area (Å²) in [6.45, 7) is 3.15. The number of anilines is 1. The van der Waals surface area contributed by atoms with E-state index in [0.717, 1.165) is 41.1 Å². The number of rotatable bonds is 12. The lowest BCUT2D eigenvalue weighted by molar-refractivity contribution is -0.139. The Kier molecular flexibility index (Phi) is 10.7. The quantitative estimate of drug-likeness (QED) is 0.275. The van der Waals surface area contributed by atoms with Gasteiger partial charge < -0.3 is 19.7 Å². The van der Waals surface area contributed by atoms with Crippen LogP contribution in [0.4, 0.5) is 5.69 Å². The summed E-state index contributed by atoms with van der Waals surface area (Å²) in [5, 5.41) is 3.08. The maximum atomic E-state index is 14.2. The summed E-state index contributed by atoms with van der Waals surface area (Å²) in [6, 6.07) is 17.8. The molecule has 230 valence electrons. The second-order valence-corrected chi connectivity index (χ2v) is 13.4. The van der Waals surface area contributed by atoms with E-state index in [9.17, 15) is 18.0 Å². The molecule has 1 aliphatic carbocycles. The lowest BCUT2D eigenvalue weighted by Gasteiger charge is -2.32. The number of methoxy groups -OCH3 is 2. The number of hydrogen-bond donors (Lipinski definition) is 1. The summed E-state index contributed by atoms with van der Waals surface area (Å²) in [4.78, 5) is 29.0. The molecule has 11 heteroatoms. The molecule has 0 radical (unpaired) electrons. The second-order valence-electron chi connectivity index (χ2n) is 10.7. The van der Waals surface area contributed by atoms with Crippen molar-refractivity contribution >= 4 is 43.5 Å². The number of sulfonamides is 1. The van der Waals surface area contributed by atoms with Gasteiger partial charge in [0.25, 0.3) is 10.0 Å². The summed E-state index contributed by atoms with van der Waals surface area (Å²) in [6.07, 6.45) is 3.91. The lowest BCUT2D eigenvalue weighted by Crippen LogP contribution is -2.52. The van der Waals surface area contributed by atoms with Crippen LogP contribution >= 0.6 is 15.9 Å². The molecule has 0 aromatic heterocycles. The average molecular weight is 673 g/mol. The molecular formula is C32H38BrN3O6S. The van der Waals surface area contributed by atoms with Crippen LogP contribution in [0.3, 0.4) is 0 Å². The van der Waals surface area contributed by atoms with Gasteiger partial charge in [-0.15, -0.1) is 0 Å². The van der Waals surface area contributed by atoms with Crippen molar-refractivity contribution < 1.29 is 27.5 Å². The minimum atomic E-state index is -4.21. The number of amides is 2. The Morgan fingerprint density at radius 2 is 1.70 bits per heavy atom. The van der Waals surface area contributed by atoms with E-state index in [-0.39, 0.29) is 23.4 Å². The van der Waals surface area contributed by atoms with Crippen molar-refractivity contribution in [3.63, 3.8) is 0 Å². The summed E-state index contributed by atoms with van der Waals surface area (Å²) < 4.78 is 40.4. The van der Waals surface area contributed by atoms with E-state index in [1.807, 2.05) is 19.1 Å². The normalized spacial score (nSPS) is 14.2. The fourth-order valence-corrected chi connectivity index (χ4v) is 7.25. The van der Waals surface area contributed by atoms with Crippen molar-refractivity contribution in [1.82, 2.24) is 10.2 Å². The number of nitrogens with zero attached hydrogens (tertiary/aromatic N) is 2. The predicted octanol–water partition coefficient (Wildman–Crippen LogP) is 5.45. The molecule has 1 N–H and O–H groups in total. The van der Waals surface area contributed by atoms with Crippen LogP contribution in [0.5, 0.6) is 11.5 Å². The first kappa shape index (κ1) is 32.3. The fraction of sp³-hybridized carbons (Fsp3) is 0.375. The smallest absolute Gasteiger partial charge is 0.264 e. The first-order chi connectivity index (χ1) is 20.5. The van der Waals surface area contributed by atoms with E-state index < -0.39 is 28.5 Å². The van der Waals surface area contributed by atoms with Gasteiger partial charge in [0.15, 0.2) is 0 Å². The molecule has 0 heterocycles. The maximum absolute atomic E-state index is 14.2. The summed E-state index contributed by atoms with van der Waals surface area (Å²) >= 11 is 3.37. The van der Waals surface area contributed by atoms with Gasteiger partial charge >= 0.3 is 0 Å². The number of halogens is 1. The van der Waals surface area contributed by atoms with Gasteiger partial charge in [-0.2, -0.15) is 0 Å². The van der Waals surface area contributed by atoms with Gasteiger partial charge in [-0.05, 0) is 90.6 Å². The zero-order valence-electron chi connectivity index (χ0n) is 24.9. The van der Waals surface area contributed by atoms with E-state index in [0.29, 0.717) is 21.7 Å². The highest BCUT2D eigenvalue weighted by molar-refractivity contribution is 9.10. The molecule has 0 saturated heterocycles. The van der Waals surface area contributed by atoms with E-state index in [4.69, 9.17) is 9.47 Å². The van der Waals surface area contributed by atoms with Crippen molar-refractivity contribution in [1.29, 1.82) is 0 Å². The average Bonchev–Trinajstić information content (AvgIpc) is 3.51. The zero-order valence-corrected chi connectivity index (χ0v) is 27.3. The fourth-order valence-electron chi connectivity index (χ4n) is 5.12. The zero-order chi connectivity index (χ0) is 31.1. The number of carbonyl (C=O) groups is 2. The first-order valence-corrected chi connectivity index (χ1v) is 16.4. The van der Waals surface area contributed by atoms with Gasteiger partial charge in [-0.25, -0.2) is 8.42 Å². The maximum Gasteiger partial charge on any atom is 0.264 e. The van der Waals surface area contributed by atoms with Crippen LogP contribution < -0.4 is 19.1 Å². The number of carbonyl (C=O) groups excluding carboxylic acids is 2. The number of aryl methyl sites for hydroxylation is 1. The third kappa shape index (κ3) is 7.88. The van der Waals surface area contributed by atoms with Crippen LogP contribution in [-0.2, 0) is 26.2 Å². The molecule has 4 rings (SSSR count). The summed E-state index contributed by atoms with van der Waals surface area (Å²) in [5.41, 5.74) is 2.02. The summed E-state index contributed by atoms with van der Waals surface area (Å²) in [5.74, 6) is 0.297. The van der Waals surface area contributed by atoms with Crippen molar-refractivity contribution in [3.05, 3.63) is 82.3 Å². The Balaban J connectivity index is 1.71. The lowest BCUT2D eigenvalue weighted by atomic mass is 10.1. The molecule has 0 aliphatic heterocycles. The molecule has 1 aliphatic rings. The van der Waals surface area contributed by atoms with Gasteiger partial charge in [0, 0.05) is 12.6 Å². The van der Waals surface area contributed by atoms with Gasteiger partial charge in [-0.3, -0.25) is 13.9 Å². The topological polar surface area (TPSA) is 105 Å². The molecule has 0 spiro atoms. The monoisotopic (exact) mass is 671 g/mol. The minimum Gasteiger partial charge on any atom is -0.497 e. The van der Waals surface area contributed by atoms with Gasteiger partial charge in [0.1, 0.15) is 24.1 Å². The Hall–Kier alpha value is -3.57. The predicted molar refractivity (Wildman–Crippen MR) is 170 cm³/mol. The second kappa shape index (κ2) is 14.3. The van der Waals surface area contributed by atoms with E-state index in [1.54, 1.807) is 56.5 Å². The first-order valence-electron chi connectivity index (χ1n) is 14.2. The Labute approximate surface area is 262 Å². The molecule has 3 aromatic carbocycles. The highest BCUT2D eigenvalue weighted by Crippen LogP contribution is 2.31. The van der Waals surface area contributed by atoms with Crippen molar-refractivity contribution in [2.75, 3.05) is 25.1 Å². The third-order valence-corrected chi connectivity index (χ3v) is 10.1. The number of nitrogens with one attached hydrogen (secondary N) is 1. The number of ether oxygens (including phenoxy) is 2. The summed E-state index contributed by atoms with van der Waals surface area (Å²) in [7, 11) is -1.16. The van der Waals surface area contributed by atoms with Crippen molar-refractivity contribution in [2.45, 2.75) is 63.1 Å². The molecule has 1 fully saturated rings. The van der Waals surface area contributed by atoms with Crippen LogP contribution in [-0.4, -0.2) is 58.0 Å². The highest BCUT2D eigenvalue weighted by atomic mass is 79.9. The molecule has 3 aromatic rings. The molecule has 1 saturated carbocycles. The number of hydrogen-bond acceptors (Lipinski definition) is 6. The van der Waals surface area contributed by atoms with Crippen LogP contribution in [0.1, 0.15) is 43.7 Å². The SMILES string of the molecule is COc1cccc(CN(C(=O)CN(c2ccc(C)cc2)S(=O)(=O)c2ccc(OC)c(Br)c2)C(C)C(=O)NC2CCCC2)c1. The van der Waals surface area contributed by atoms with Crippen LogP contribution in [0.25, 0.3) is 0 Å². The Morgan fingerprint density at radius 3 is 2.33 bits per heavy atom. The van der Waals surface area contributed by atoms with Gasteiger partial charge in [0.2, 0.25) is 11.8 Å². The van der Waals surface area contributed by atoms with E-state index in [2.05, 4.69) is 21.2 Å². The Bertz CT molecular complexity index is 1540. The Morgan fingerprint density at radius 1 is 1.00 bits per heavy atom. The number of benzene rings is 3. The highest BCUT2D eigenvalue weighted by Gasteiger charge is 2.33. The molecule has 1 unspecified atom stereocenters. The molecule has 1 atom stereocenters. The van der Waals surface area contributed by atoms with Crippen molar-refractivity contribution in [3.8, 4) is 11.5 Å². The van der Waals surface area contributed by atoms with Gasteiger partial charge in [0.05, 0.1) is 29.3 Å². The largest absolute Gasteiger partial charge is 0.497 e. The van der Waals surface area contributed by atoms with Crippen molar-refractivity contribution in [2.24, 2.45) is 0 Å².